The molecule has 4 nitrogen and oxygen atoms in total. The molecule has 0 bridgehead atoms. The minimum absolute atomic E-state index is 0.0297. The molecule has 5 heteroatoms. The minimum Gasteiger partial charge on any atom is -0.497 e. The van der Waals surface area contributed by atoms with Crippen LogP contribution in [0.1, 0.15) is 6.92 Å². The third kappa shape index (κ3) is 2.49. The molecular formula is C12H15NO3S. The Balaban J connectivity index is 2.37. The topological polar surface area (TPSA) is 49.8 Å². The van der Waals surface area contributed by atoms with Crippen molar-refractivity contribution in [2.24, 2.45) is 0 Å². The van der Waals surface area contributed by atoms with Gasteiger partial charge in [0, 0.05) is 22.8 Å². The van der Waals surface area contributed by atoms with Crippen molar-refractivity contribution >= 4 is 23.4 Å². The third-order valence-corrected chi connectivity index (χ3v) is 4.10. The Morgan fingerprint density at radius 3 is 3.06 bits per heavy atom. The molecule has 1 heterocycles. The van der Waals surface area contributed by atoms with E-state index in [4.69, 9.17) is 9.84 Å². The number of rotatable bonds is 3. The van der Waals surface area contributed by atoms with Crippen molar-refractivity contribution in [1.29, 1.82) is 0 Å². The summed E-state index contributed by atoms with van der Waals surface area (Å²) < 4.78 is 5.19. The summed E-state index contributed by atoms with van der Waals surface area (Å²) in [5.41, 5.74) is 0.954. The highest BCUT2D eigenvalue weighted by molar-refractivity contribution is 7.99. The number of ether oxygens (including phenoxy) is 1. The first-order valence-corrected chi connectivity index (χ1v) is 6.39. The van der Waals surface area contributed by atoms with Crippen molar-refractivity contribution in [3.05, 3.63) is 18.2 Å². The molecule has 0 aliphatic carbocycles. The molecule has 92 valence electrons. The summed E-state index contributed by atoms with van der Waals surface area (Å²) in [5, 5.41) is 8.96. The largest absolute Gasteiger partial charge is 0.497 e. The molecule has 1 aromatic carbocycles. The SMILES string of the molecule is COc1ccc2c(c1)N(CC(=O)O)C(C)CS2. The van der Waals surface area contributed by atoms with Crippen LogP contribution < -0.4 is 9.64 Å². The maximum Gasteiger partial charge on any atom is 0.323 e. The van der Waals surface area contributed by atoms with Crippen molar-refractivity contribution in [3.63, 3.8) is 0 Å². The van der Waals surface area contributed by atoms with Crippen LogP contribution in [0.4, 0.5) is 5.69 Å². The van der Waals surface area contributed by atoms with E-state index >= 15 is 0 Å². The van der Waals surface area contributed by atoms with E-state index < -0.39 is 5.97 Å². The quantitative estimate of drug-likeness (QED) is 0.893. The second kappa shape index (κ2) is 4.87. The third-order valence-electron chi connectivity index (χ3n) is 2.79. The van der Waals surface area contributed by atoms with Gasteiger partial charge < -0.3 is 14.7 Å². The van der Waals surface area contributed by atoms with Gasteiger partial charge in [0.25, 0.3) is 0 Å². The number of methoxy groups -OCH3 is 1. The van der Waals surface area contributed by atoms with Gasteiger partial charge in [0.15, 0.2) is 0 Å². The van der Waals surface area contributed by atoms with E-state index in [2.05, 4.69) is 0 Å². The Morgan fingerprint density at radius 1 is 1.65 bits per heavy atom. The first-order chi connectivity index (χ1) is 8.11. The van der Waals surface area contributed by atoms with Gasteiger partial charge in [-0.1, -0.05) is 0 Å². The summed E-state index contributed by atoms with van der Waals surface area (Å²) in [4.78, 5) is 13.9. The van der Waals surface area contributed by atoms with Crippen LogP contribution in [0.5, 0.6) is 5.75 Å². The van der Waals surface area contributed by atoms with Crippen LogP contribution in [0.3, 0.4) is 0 Å². The molecular weight excluding hydrogens is 238 g/mol. The van der Waals surface area contributed by atoms with Gasteiger partial charge in [-0.05, 0) is 19.1 Å². The van der Waals surface area contributed by atoms with Gasteiger partial charge in [-0.2, -0.15) is 0 Å². The van der Waals surface area contributed by atoms with Crippen molar-refractivity contribution in [1.82, 2.24) is 0 Å². The molecule has 1 N–H and O–H groups in total. The average Bonchev–Trinajstić information content (AvgIpc) is 2.32. The Bertz CT molecular complexity index is 436. The van der Waals surface area contributed by atoms with Crippen LogP contribution in [0.25, 0.3) is 0 Å². The monoisotopic (exact) mass is 253 g/mol. The highest BCUT2D eigenvalue weighted by atomic mass is 32.2. The Kier molecular flexibility index (Phi) is 3.47. The number of aliphatic carboxylic acids is 1. The fourth-order valence-electron chi connectivity index (χ4n) is 1.90. The van der Waals surface area contributed by atoms with Gasteiger partial charge in [-0.15, -0.1) is 11.8 Å². The summed E-state index contributed by atoms with van der Waals surface area (Å²) in [7, 11) is 1.61. The molecule has 0 aromatic heterocycles. The number of thioether (sulfide) groups is 1. The molecule has 1 atom stereocenters. The zero-order chi connectivity index (χ0) is 12.4. The highest BCUT2D eigenvalue weighted by Gasteiger charge is 2.25. The summed E-state index contributed by atoms with van der Waals surface area (Å²) in [6.45, 7) is 2.07. The Hall–Kier alpha value is -1.36. The standard InChI is InChI=1S/C12H15NO3S/c1-8-7-17-11-4-3-9(16-2)5-10(11)13(8)6-12(14)15/h3-5,8H,6-7H2,1-2H3,(H,14,15). The van der Waals surface area contributed by atoms with Gasteiger partial charge in [0.2, 0.25) is 0 Å². The van der Waals surface area contributed by atoms with Gasteiger partial charge in [0.1, 0.15) is 12.3 Å². The van der Waals surface area contributed by atoms with E-state index in [1.165, 1.54) is 0 Å². The number of nitrogens with zero attached hydrogens (tertiary/aromatic N) is 1. The fourth-order valence-corrected chi connectivity index (χ4v) is 2.98. The number of carboxylic acid groups (broad SMARTS) is 1. The molecule has 0 spiro atoms. The first kappa shape index (κ1) is 12.1. The molecule has 0 amide bonds. The maximum absolute atomic E-state index is 10.9. The normalized spacial score (nSPS) is 18.7. The highest BCUT2D eigenvalue weighted by Crippen LogP contribution is 2.39. The molecule has 1 unspecified atom stereocenters. The molecule has 1 aliphatic rings. The Morgan fingerprint density at radius 2 is 2.41 bits per heavy atom. The zero-order valence-electron chi connectivity index (χ0n) is 9.84. The number of carboxylic acids is 1. The number of fused-ring (bicyclic) bond motifs is 1. The average molecular weight is 253 g/mol. The lowest BCUT2D eigenvalue weighted by Gasteiger charge is -2.35. The number of carbonyl (C=O) groups is 1. The van der Waals surface area contributed by atoms with E-state index in [1.54, 1.807) is 18.9 Å². The number of hydrogen-bond donors (Lipinski definition) is 1. The predicted octanol–water partition coefficient (Wildman–Crippen LogP) is 2.08. The van der Waals surface area contributed by atoms with E-state index in [0.29, 0.717) is 0 Å². The first-order valence-electron chi connectivity index (χ1n) is 5.41. The van der Waals surface area contributed by atoms with Gasteiger partial charge >= 0.3 is 5.97 Å². The van der Waals surface area contributed by atoms with Gasteiger partial charge in [-0.3, -0.25) is 4.79 Å². The molecule has 1 aliphatic heterocycles. The molecule has 0 radical (unpaired) electrons. The summed E-state index contributed by atoms with van der Waals surface area (Å²) in [6.07, 6.45) is 0. The molecule has 0 saturated heterocycles. The minimum atomic E-state index is -0.808. The van der Waals surface area contributed by atoms with Crippen LogP contribution in [-0.2, 0) is 4.79 Å². The zero-order valence-corrected chi connectivity index (χ0v) is 10.7. The van der Waals surface area contributed by atoms with Crippen LogP contribution >= 0.6 is 11.8 Å². The van der Waals surface area contributed by atoms with Crippen molar-refractivity contribution in [2.75, 3.05) is 24.3 Å². The van der Waals surface area contributed by atoms with Crippen LogP contribution in [-0.4, -0.2) is 36.5 Å². The van der Waals surface area contributed by atoms with E-state index in [9.17, 15) is 4.79 Å². The lowest BCUT2D eigenvalue weighted by Crippen LogP contribution is -2.41. The van der Waals surface area contributed by atoms with E-state index in [-0.39, 0.29) is 12.6 Å². The lowest BCUT2D eigenvalue weighted by atomic mass is 10.2. The van der Waals surface area contributed by atoms with Crippen LogP contribution in [0.15, 0.2) is 23.1 Å². The summed E-state index contributed by atoms with van der Waals surface area (Å²) in [6, 6.07) is 6.01. The van der Waals surface area contributed by atoms with Gasteiger partial charge in [-0.25, -0.2) is 0 Å². The molecule has 2 rings (SSSR count). The number of anilines is 1. The second-order valence-corrected chi connectivity index (χ2v) is 5.08. The molecule has 1 aromatic rings. The van der Waals surface area contributed by atoms with Crippen LogP contribution in [0, 0.1) is 0 Å². The number of hydrogen-bond acceptors (Lipinski definition) is 4. The Labute approximate surface area is 105 Å². The fraction of sp³-hybridized carbons (Fsp3) is 0.417. The summed E-state index contributed by atoms with van der Waals surface area (Å²) >= 11 is 1.76. The van der Waals surface area contributed by atoms with Crippen molar-refractivity contribution in [3.8, 4) is 5.75 Å². The van der Waals surface area contributed by atoms with E-state index in [0.717, 1.165) is 22.1 Å². The smallest absolute Gasteiger partial charge is 0.323 e. The molecule has 17 heavy (non-hydrogen) atoms. The van der Waals surface area contributed by atoms with Crippen molar-refractivity contribution < 1.29 is 14.6 Å². The second-order valence-electron chi connectivity index (χ2n) is 4.02. The van der Waals surface area contributed by atoms with Gasteiger partial charge in [0.05, 0.1) is 12.8 Å². The van der Waals surface area contributed by atoms with Crippen LogP contribution in [0.2, 0.25) is 0 Å². The van der Waals surface area contributed by atoms with E-state index in [1.807, 2.05) is 30.0 Å². The predicted molar refractivity (Wildman–Crippen MR) is 68.2 cm³/mol. The summed E-state index contributed by atoms with van der Waals surface area (Å²) in [5.74, 6) is 0.860. The molecule has 0 saturated carbocycles. The number of benzene rings is 1. The maximum atomic E-state index is 10.9. The molecule has 0 fully saturated rings. The lowest BCUT2D eigenvalue weighted by molar-refractivity contribution is -0.135. The van der Waals surface area contributed by atoms with Crippen molar-refractivity contribution in [2.45, 2.75) is 17.9 Å².